The van der Waals surface area contributed by atoms with Gasteiger partial charge >= 0.3 is 5.97 Å². The van der Waals surface area contributed by atoms with Gasteiger partial charge in [-0.1, -0.05) is 66.7 Å². The molecule has 0 radical (unpaired) electrons. The van der Waals surface area contributed by atoms with Gasteiger partial charge in [-0.25, -0.2) is 13.2 Å². The van der Waals surface area contributed by atoms with Crippen LogP contribution in [0.15, 0.2) is 77.8 Å². The minimum absolute atomic E-state index is 0.0835. The van der Waals surface area contributed by atoms with Gasteiger partial charge in [-0.05, 0) is 71.8 Å². The van der Waals surface area contributed by atoms with E-state index in [9.17, 15) is 23.1 Å². The summed E-state index contributed by atoms with van der Waals surface area (Å²) < 4.78 is 28.8. The number of carboxylic acid groups (broad SMARTS) is 1. The number of rotatable bonds is 10. The van der Waals surface area contributed by atoms with Crippen molar-refractivity contribution < 1.29 is 23.1 Å². The molecule has 0 aliphatic carbocycles. The highest BCUT2D eigenvalue weighted by molar-refractivity contribution is 7.93. The minimum atomic E-state index is -4.42. The lowest BCUT2D eigenvalue weighted by atomic mass is 10.1. The molecule has 40 heavy (non-hydrogen) atoms. The zero-order valence-corrected chi connectivity index (χ0v) is 24.2. The summed E-state index contributed by atoms with van der Waals surface area (Å²) in [5, 5.41) is 14.7. The molecule has 0 spiro atoms. The van der Waals surface area contributed by atoms with Crippen LogP contribution < -0.4 is 9.62 Å². The maximum atomic E-state index is 13.9. The summed E-state index contributed by atoms with van der Waals surface area (Å²) >= 11 is 18.1. The van der Waals surface area contributed by atoms with Crippen molar-refractivity contribution >= 4 is 78.8 Å². The molecule has 4 rings (SSSR count). The number of pyridine rings is 1. The van der Waals surface area contributed by atoms with E-state index in [1.165, 1.54) is 30.5 Å². The van der Waals surface area contributed by atoms with Crippen LogP contribution in [0.1, 0.15) is 36.7 Å². The topological polar surface area (TPSA) is 117 Å². The van der Waals surface area contributed by atoms with Crippen LogP contribution in [0.2, 0.25) is 15.1 Å². The van der Waals surface area contributed by atoms with E-state index >= 15 is 0 Å². The number of benzene rings is 3. The van der Waals surface area contributed by atoms with Gasteiger partial charge < -0.3 is 10.4 Å². The smallest absolute Gasteiger partial charge is 0.327 e. The molecule has 0 aliphatic heterocycles. The number of carbonyl (C=O) groups is 2. The van der Waals surface area contributed by atoms with Crippen LogP contribution in [0.25, 0.3) is 10.8 Å². The molecule has 1 amide bonds. The Bertz CT molecular complexity index is 1680. The molecule has 0 aliphatic rings. The number of hydrogen-bond donors (Lipinski definition) is 2. The standard InChI is InChI=1S/C28H24Cl3N3O5S/c1-2-3-4-26(28(36)37)34(40(38,39)24-14-20(30)13-21(31)15-24)23-8-6-17-5-7-22(11-18(17)12-23)33-27(35)25-16-19(29)9-10-32-25/h5-16,26H,2-4H2,1H3,(H,33,35)(H,36,37). The number of sulfonamides is 1. The minimum Gasteiger partial charge on any atom is -0.480 e. The van der Waals surface area contributed by atoms with Crippen molar-refractivity contribution in [2.75, 3.05) is 9.62 Å². The average molecular weight is 621 g/mol. The summed E-state index contributed by atoms with van der Waals surface area (Å²) in [6, 6.07) is 15.3. The number of hydrogen-bond acceptors (Lipinski definition) is 5. The molecular weight excluding hydrogens is 597 g/mol. The maximum Gasteiger partial charge on any atom is 0.327 e. The van der Waals surface area contributed by atoms with Crippen molar-refractivity contribution in [1.82, 2.24) is 4.98 Å². The van der Waals surface area contributed by atoms with Crippen molar-refractivity contribution in [3.05, 3.63) is 93.7 Å². The number of halogens is 3. The third-order valence-electron chi connectivity index (χ3n) is 6.08. The Balaban J connectivity index is 1.80. The van der Waals surface area contributed by atoms with Crippen LogP contribution in [0.3, 0.4) is 0 Å². The van der Waals surface area contributed by atoms with E-state index in [0.29, 0.717) is 28.9 Å². The molecule has 0 bridgehead atoms. The average Bonchev–Trinajstić information content (AvgIpc) is 2.89. The van der Waals surface area contributed by atoms with E-state index in [-0.39, 0.29) is 32.7 Å². The Labute approximate surface area is 246 Å². The van der Waals surface area contributed by atoms with Crippen molar-refractivity contribution in [2.45, 2.75) is 37.1 Å². The van der Waals surface area contributed by atoms with Crippen LogP contribution in [-0.4, -0.2) is 36.4 Å². The first-order valence-electron chi connectivity index (χ1n) is 12.2. The van der Waals surface area contributed by atoms with Crippen LogP contribution in [0.5, 0.6) is 0 Å². The lowest BCUT2D eigenvalue weighted by Gasteiger charge is -2.30. The third-order valence-corrected chi connectivity index (χ3v) is 8.57. The Kier molecular flexibility index (Phi) is 9.20. The Morgan fingerprint density at radius 1 is 0.925 bits per heavy atom. The monoisotopic (exact) mass is 619 g/mol. The SMILES string of the molecule is CCCCC(C(=O)O)N(c1ccc2ccc(NC(=O)c3cc(Cl)ccn3)cc2c1)S(=O)(=O)c1cc(Cl)cc(Cl)c1. The van der Waals surface area contributed by atoms with E-state index < -0.39 is 27.9 Å². The second-order valence-corrected chi connectivity index (χ2v) is 12.1. The summed E-state index contributed by atoms with van der Waals surface area (Å²) in [5.41, 5.74) is 0.680. The number of anilines is 2. The van der Waals surface area contributed by atoms with Gasteiger partial charge in [0.2, 0.25) is 0 Å². The molecule has 0 fully saturated rings. The third kappa shape index (κ3) is 6.67. The van der Waals surface area contributed by atoms with Gasteiger partial charge in [-0.15, -0.1) is 0 Å². The number of aliphatic carboxylic acids is 1. The van der Waals surface area contributed by atoms with Crippen molar-refractivity contribution in [2.24, 2.45) is 0 Å². The highest BCUT2D eigenvalue weighted by Crippen LogP contribution is 2.34. The number of fused-ring (bicyclic) bond motifs is 1. The molecule has 4 aromatic rings. The molecule has 1 aromatic heterocycles. The zero-order chi connectivity index (χ0) is 29.0. The highest BCUT2D eigenvalue weighted by Gasteiger charge is 2.36. The van der Waals surface area contributed by atoms with Crippen molar-refractivity contribution in [1.29, 1.82) is 0 Å². The normalized spacial score (nSPS) is 12.2. The van der Waals surface area contributed by atoms with E-state index in [1.807, 2.05) is 6.92 Å². The highest BCUT2D eigenvalue weighted by atomic mass is 35.5. The molecule has 8 nitrogen and oxygen atoms in total. The van der Waals surface area contributed by atoms with Gasteiger partial charge in [0.05, 0.1) is 10.6 Å². The number of aromatic nitrogens is 1. The summed E-state index contributed by atoms with van der Waals surface area (Å²) in [5.74, 6) is -1.77. The Morgan fingerprint density at radius 2 is 1.62 bits per heavy atom. The van der Waals surface area contributed by atoms with Crippen LogP contribution in [0.4, 0.5) is 11.4 Å². The van der Waals surface area contributed by atoms with Crippen LogP contribution in [-0.2, 0) is 14.8 Å². The van der Waals surface area contributed by atoms with Crippen molar-refractivity contribution in [3.8, 4) is 0 Å². The first-order chi connectivity index (χ1) is 19.0. The maximum absolute atomic E-state index is 13.9. The number of carboxylic acids is 1. The molecule has 1 heterocycles. The van der Waals surface area contributed by atoms with Gasteiger partial charge in [0.1, 0.15) is 11.7 Å². The van der Waals surface area contributed by atoms with Gasteiger partial charge in [0, 0.05) is 27.0 Å². The molecule has 208 valence electrons. The zero-order valence-electron chi connectivity index (χ0n) is 21.1. The molecule has 0 saturated heterocycles. The van der Waals surface area contributed by atoms with Crippen molar-refractivity contribution in [3.63, 3.8) is 0 Å². The van der Waals surface area contributed by atoms with Crippen LogP contribution >= 0.6 is 34.8 Å². The fourth-order valence-electron chi connectivity index (χ4n) is 4.19. The van der Waals surface area contributed by atoms with Gasteiger partial charge in [0.25, 0.3) is 15.9 Å². The fraction of sp³-hybridized carbons (Fsp3) is 0.179. The quantitative estimate of drug-likeness (QED) is 0.192. The van der Waals surface area contributed by atoms with Crippen LogP contribution in [0, 0.1) is 0 Å². The number of nitrogens with one attached hydrogen (secondary N) is 1. The second-order valence-electron chi connectivity index (χ2n) is 8.96. The molecule has 12 heteroatoms. The molecule has 1 unspecified atom stereocenters. The van der Waals surface area contributed by atoms with E-state index in [2.05, 4.69) is 10.3 Å². The fourth-order valence-corrected chi connectivity index (χ4v) is 6.70. The summed E-state index contributed by atoms with van der Waals surface area (Å²) in [6.45, 7) is 1.89. The summed E-state index contributed by atoms with van der Waals surface area (Å²) in [6.07, 6.45) is 2.66. The molecule has 0 saturated carbocycles. The predicted octanol–water partition coefficient (Wildman–Crippen LogP) is 7.29. The number of unbranched alkanes of at least 4 members (excludes halogenated alkanes) is 1. The molecule has 2 N–H and O–H groups in total. The van der Waals surface area contributed by atoms with Gasteiger partial charge in [-0.3, -0.25) is 14.1 Å². The largest absolute Gasteiger partial charge is 0.480 e. The number of carbonyl (C=O) groups excluding carboxylic acids is 1. The second kappa shape index (κ2) is 12.4. The molecular formula is C28H24Cl3N3O5S. The molecule has 1 atom stereocenters. The van der Waals surface area contributed by atoms with E-state index in [1.54, 1.807) is 42.5 Å². The van der Waals surface area contributed by atoms with Gasteiger partial charge in [-0.2, -0.15) is 0 Å². The summed E-state index contributed by atoms with van der Waals surface area (Å²) in [4.78, 5) is 28.9. The first kappa shape index (κ1) is 29.6. The lowest BCUT2D eigenvalue weighted by molar-refractivity contribution is -0.138. The predicted molar refractivity (Wildman–Crippen MR) is 158 cm³/mol. The molecule has 3 aromatic carbocycles. The summed E-state index contributed by atoms with van der Waals surface area (Å²) in [7, 11) is -4.42. The number of amides is 1. The van der Waals surface area contributed by atoms with E-state index in [0.717, 1.165) is 9.69 Å². The Hall–Kier alpha value is -3.37. The van der Waals surface area contributed by atoms with Gasteiger partial charge in [0.15, 0.2) is 0 Å². The lowest BCUT2D eigenvalue weighted by Crippen LogP contribution is -2.45. The van der Waals surface area contributed by atoms with E-state index in [4.69, 9.17) is 34.8 Å². The first-order valence-corrected chi connectivity index (χ1v) is 14.8. The Morgan fingerprint density at radius 3 is 2.27 bits per heavy atom. The number of nitrogens with zero attached hydrogens (tertiary/aromatic N) is 2.